The summed E-state index contributed by atoms with van der Waals surface area (Å²) in [4.78, 5) is 27.6. The van der Waals surface area contributed by atoms with Crippen LogP contribution in [0.1, 0.15) is 87.5 Å². The summed E-state index contributed by atoms with van der Waals surface area (Å²) in [6.45, 7) is 0.516. The molecule has 0 bridgehead atoms. The van der Waals surface area contributed by atoms with Crippen molar-refractivity contribution in [1.82, 2.24) is 39.0 Å². The molecule has 0 radical (unpaired) electrons. The lowest BCUT2D eigenvalue weighted by Crippen LogP contribution is -2.37. The van der Waals surface area contributed by atoms with Crippen molar-refractivity contribution in [2.45, 2.75) is 107 Å². The maximum atomic E-state index is 11.9. The third kappa shape index (κ3) is 8.74. The van der Waals surface area contributed by atoms with Gasteiger partial charge in [-0.2, -0.15) is 0 Å². The molecular formula is C30H44N8O10P2S2. The minimum Gasteiger partial charge on any atom is -0.394 e. The lowest BCUT2D eigenvalue weighted by Gasteiger charge is -2.25. The van der Waals surface area contributed by atoms with E-state index in [9.17, 15) is 29.6 Å². The molecule has 52 heavy (non-hydrogen) atoms. The first kappa shape index (κ1) is 39.6. The van der Waals surface area contributed by atoms with Gasteiger partial charge in [0.1, 0.15) is 60.4 Å². The highest BCUT2D eigenvalue weighted by atomic mass is 32.7. The van der Waals surface area contributed by atoms with Crippen molar-refractivity contribution in [3.05, 3.63) is 36.7 Å². The monoisotopic (exact) mass is 802 g/mol. The third-order valence-electron chi connectivity index (χ3n) is 9.76. The van der Waals surface area contributed by atoms with Crippen LogP contribution in [-0.2, 0) is 27.7 Å². The number of aliphatic hydroxyl groups excluding tert-OH is 4. The molecule has 1 aliphatic heterocycles. The fourth-order valence-corrected chi connectivity index (χ4v) is 8.58. The molecule has 4 aromatic rings. The van der Waals surface area contributed by atoms with E-state index < -0.39 is 70.6 Å². The lowest BCUT2D eigenvalue weighted by atomic mass is 9.91. The topological polar surface area (TPSA) is 239 Å². The molecule has 2 aliphatic rings. The summed E-state index contributed by atoms with van der Waals surface area (Å²) in [5.74, 6) is 0.231. The zero-order chi connectivity index (χ0) is 36.9. The SMILES string of the molecule is C[C@@H](OC(CO)[C@@H](O)CO[PH](=O)S)n1cnc2c(C3CCCCC(c4ncnc5c4ncn5C4O[C@H](CO)[C@@H](O)[C@H]4O[PH](=O)S)CCC3)ncnc21. The van der Waals surface area contributed by atoms with Crippen LogP contribution in [0.4, 0.5) is 0 Å². The van der Waals surface area contributed by atoms with E-state index in [1.165, 1.54) is 19.0 Å². The molecule has 6 rings (SSSR count). The number of ether oxygens (including phenoxy) is 2. The Kier molecular flexibility index (Phi) is 13.8. The van der Waals surface area contributed by atoms with Crippen LogP contribution in [0.2, 0.25) is 0 Å². The molecule has 6 unspecified atom stereocenters. The molecule has 4 N–H and O–H groups in total. The van der Waals surface area contributed by atoms with Gasteiger partial charge in [0.05, 0.1) is 43.9 Å². The summed E-state index contributed by atoms with van der Waals surface area (Å²) in [5, 5.41) is 40.6. The molecule has 11 atom stereocenters. The average molecular weight is 803 g/mol. The Balaban J connectivity index is 1.17. The first-order chi connectivity index (χ1) is 25.1. The van der Waals surface area contributed by atoms with Crippen molar-refractivity contribution in [2.75, 3.05) is 19.8 Å². The van der Waals surface area contributed by atoms with Gasteiger partial charge >= 0.3 is 0 Å². The van der Waals surface area contributed by atoms with Gasteiger partial charge in [0, 0.05) is 11.8 Å². The van der Waals surface area contributed by atoms with Crippen molar-refractivity contribution >= 4 is 61.3 Å². The van der Waals surface area contributed by atoms with Gasteiger partial charge in [-0.05, 0) is 32.6 Å². The fourth-order valence-electron chi connectivity index (χ4n) is 7.19. The zero-order valence-corrected chi connectivity index (χ0v) is 32.1. The molecule has 0 amide bonds. The molecule has 1 aliphatic carbocycles. The molecule has 4 aromatic heterocycles. The molecule has 286 valence electrons. The highest BCUT2D eigenvalue weighted by Crippen LogP contribution is 2.42. The number of hydrogen-bond donors (Lipinski definition) is 6. The van der Waals surface area contributed by atoms with Crippen molar-refractivity contribution < 1.29 is 48.1 Å². The second-order valence-corrected chi connectivity index (χ2v) is 16.7. The number of aliphatic hydroxyl groups is 4. The summed E-state index contributed by atoms with van der Waals surface area (Å²) in [6, 6.07) is 0. The van der Waals surface area contributed by atoms with E-state index in [0.29, 0.717) is 22.3 Å². The normalized spacial score (nSPS) is 27.5. The van der Waals surface area contributed by atoms with Gasteiger partial charge in [-0.15, -0.1) is 0 Å². The van der Waals surface area contributed by atoms with Gasteiger partial charge < -0.3 is 38.9 Å². The summed E-state index contributed by atoms with van der Waals surface area (Å²) >= 11 is 7.60. The lowest BCUT2D eigenvalue weighted by molar-refractivity contribution is -0.122. The first-order valence-corrected chi connectivity index (χ1v) is 22.3. The Morgan fingerprint density at radius 2 is 1.52 bits per heavy atom. The number of hydrogen-bond acceptors (Lipinski definition) is 16. The average Bonchev–Trinajstić information content (AvgIpc) is 3.86. The van der Waals surface area contributed by atoms with E-state index in [0.717, 1.165) is 56.3 Å². The number of rotatable bonds is 14. The highest BCUT2D eigenvalue weighted by molar-refractivity contribution is 8.39. The van der Waals surface area contributed by atoms with E-state index in [2.05, 4.69) is 54.4 Å². The molecule has 1 saturated carbocycles. The number of imidazole rings is 2. The standard InChI is InChI=1S/C30H44N8O10P2S2/c1-16(46-20(9-39)19(41)11-45-49(43)51)37-14-35-24-22(31-12-33-28(24)37)17-5-2-3-6-18(8-4-7-17)23-25-29(34-13-32-23)38(15-36-25)30-27(48-50(44)52)26(42)21(10-40)47-30/h12-21,26-27,30,39-42,49-50H,2-11H2,1H3,(H,43,51)(H,44,52)/t16-,17?,18?,19+,20?,21-,26-,27-,30?/m1/s1. The van der Waals surface area contributed by atoms with Crippen LogP contribution in [0, 0.1) is 0 Å². The maximum Gasteiger partial charge on any atom is 0.243 e. The van der Waals surface area contributed by atoms with E-state index >= 15 is 0 Å². The molecule has 18 nitrogen and oxygen atoms in total. The predicted molar refractivity (Wildman–Crippen MR) is 195 cm³/mol. The molecule has 5 heterocycles. The van der Waals surface area contributed by atoms with Crippen LogP contribution < -0.4 is 0 Å². The Bertz CT molecular complexity index is 1860. The smallest absolute Gasteiger partial charge is 0.243 e. The summed E-state index contributed by atoms with van der Waals surface area (Å²) in [5.41, 5.74) is 3.97. The van der Waals surface area contributed by atoms with Gasteiger partial charge in [0.25, 0.3) is 0 Å². The summed E-state index contributed by atoms with van der Waals surface area (Å²) in [6.07, 6.45) is 5.39. The van der Waals surface area contributed by atoms with Gasteiger partial charge in [0.2, 0.25) is 14.5 Å². The second kappa shape index (κ2) is 18.0. The molecule has 2 fully saturated rings. The highest BCUT2D eigenvalue weighted by Gasteiger charge is 2.46. The Labute approximate surface area is 310 Å². The maximum absolute atomic E-state index is 11.9. The van der Waals surface area contributed by atoms with Crippen LogP contribution in [0.3, 0.4) is 0 Å². The van der Waals surface area contributed by atoms with Crippen molar-refractivity contribution in [3.8, 4) is 0 Å². The van der Waals surface area contributed by atoms with Crippen LogP contribution in [-0.4, -0.2) is 110 Å². The largest absolute Gasteiger partial charge is 0.394 e. The van der Waals surface area contributed by atoms with Gasteiger partial charge in [-0.25, -0.2) is 29.9 Å². The van der Waals surface area contributed by atoms with Crippen molar-refractivity contribution in [1.29, 1.82) is 0 Å². The van der Waals surface area contributed by atoms with Crippen molar-refractivity contribution in [2.24, 2.45) is 0 Å². The van der Waals surface area contributed by atoms with Gasteiger partial charge in [-0.1, -0.05) is 43.8 Å². The summed E-state index contributed by atoms with van der Waals surface area (Å²) in [7, 11) is -5.29. The zero-order valence-electron chi connectivity index (χ0n) is 28.3. The molecule has 22 heteroatoms. The molecule has 0 spiro atoms. The predicted octanol–water partition coefficient (Wildman–Crippen LogP) is 3.13. The van der Waals surface area contributed by atoms with Crippen molar-refractivity contribution in [3.63, 3.8) is 0 Å². The van der Waals surface area contributed by atoms with Crippen LogP contribution in [0.5, 0.6) is 0 Å². The van der Waals surface area contributed by atoms with Gasteiger partial charge in [0.15, 0.2) is 17.5 Å². The number of fused-ring (bicyclic) bond motifs is 2. The quantitative estimate of drug-likeness (QED) is 0.0793. The Morgan fingerprint density at radius 3 is 2.13 bits per heavy atom. The molecular weight excluding hydrogens is 758 g/mol. The summed E-state index contributed by atoms with van der Waals surface area (Å²) < 4.78 is 48.6. The fraction of sp³-hybridized carbons (Fsp3) is 0.667. The minimum atomic E-state index is -2.74. The third-order valence-corrected chi connectivity index (χ3v) is 11.4. The number of thiol groups is 2. The molecule has 0 aromatic carbocycles. The second-order valence-electron chi connectivity index (χ2n) is 13.0. The first-order valence-electron chi connectivity index (χ1n) is 17.1. The van der Waals surface area contributed by atoms with Crippen LogP contribution >= 0.6 is 39.0 Å². The van der Waals surface area contributed by atoms with Gasteiger partial charge in [-0.3, -0.25) is 18.3 Å². The van der Waals surface area contributed by atoms with Crippen LogP contribution in [0.15, 0.2) is 25.3 Å². The molecule has 1 saturated heterocycles. The minimum absolute atomic E-state index is 0.102. The Morgan fingerprint density at radius 1 is 0.904 bits per heavy atom. The number of aromatic nitrogens is 8. The van der Waals surface area contributed by atoms with E-state index in [-0.39, 0.29) is 18.4 Å². The van der Waals surface area contributed by atoms with Crippen LogP contribution in [0.25, 0.3) is 22.3 Å². The Hall–Kier alpha value is -2.06. The van der Waals surface area contributed by atoms with E-state index in [1.54, 1.807) is 22.4 Å². The van der Waals surface area contributed by atoms with E-state index in [4.69, 9.17) is 18.5 Å². The number of nitrogens with zero attached hydrogens (tertiary/aromatic N) is 8. The van der Waals surface area contributed by atoms with E-state index in [1.807, 2.05) is 0 Å².